The quantitative estimate of drug-likeness (QED) is 0.411. The smallest absolute Gasteiger partial charge is 0.0383 e. The molecule has 0 heterocycles. The van der Waals surface area contributed by atoms with E-state index in [0.717, 1.165) is 5.92 Å². The average molecular weight is 226 g/mol. The molecule has 0 saturated heterocycles. The van der Waals surface area contributed by atoms with Crippen molar-refractivity contribution in [1.29, 1.82) is 0 Å². The van der Waals surface area contributed by atoms with Gasteiger partial charge in [-0.1, -0.05) is 86.0 Å². The molecule has 0 aliphatic rings. The first-order valence-electron chi connectivity index (χ1n) is 7.45. The van der Waals surface area contributed by atoms with Crippen LogP contribution in [-0.2, 0) is 0 Å². The lowest BCUT2D eigenvalue weighted by Gasteiger charge is -2.19. The third kappa shape index (κ3) is 12.1. The first-order chi connectivity index (χ1) is 7.45. The van der Waals surface area contributed by atoms with Gasteiger partial charge in [0.2, 0.25) is 0 Å². The molecule has 0 nitrogen and oxygen atoms in total. The predicted molar refractivity (Wildman–Crippen MR) is 75.8 cm³/mol. The minimum Gasteiger partial charge on any atom is -0.0654 e. The molecule has 1 atom stereocenters. The van der Waals surface area contributed by atoms with Gasteiger partial charge in [0.15, 0.2) is 0 Å². The molecule has 0 saturated carbocycles. The second-order valence-electron chi connectivity index (χ2n) is 6.76. The molecule has 0 fully saturated rings. The highest BCUT2D eigenvalue weighted by molar-refractivity contribution is 4.63. The molecule has 0 spiro atoms. The zero-order valence-electron chi connectivity index (χ0n) is 12.4. The van der Waals surface area contributed by atoms with Crippen LogP contribution in [0.4, 0.5) is 0 Å². The molecule has 0 bridgehead atoms. The van der Waals surface area contributed by atoms with E-state index in [1.54, 1.807) is 0 Å². The van der Waals surface area contributed by atoms with E-state index in [9.17, 15) is 0 Å². The van der Waals surface area contributed by atoms with Crippen molar-refractivity contribution in [2.45, 2.75) is 92.4 Å². The van der Waals surface area contributed by atoms with E-state index in [2.05, 4.69) is 34.6 Å². The zero-order valence-corrected chi connectivity index (χ0v) is 12.4. The van der Waals surface area contributed by atoms with E-state index in [4.69, 9.17) is 0 Å². The Morgan fingerprint density at radius 1 is 0.812 bits per heavy atom. The van der Waals surface area contributed by atoms with Crippen molar-refractivity contribution in [3.8, 4) is 0 Å². The Morgan fingerprint density at radius 2 is 1.38 bits per heavy atom. The molecule has 0 aliphatic carbocycles. The van der Waals surface area contributed by atoms with Crippen molar-refractivity contribution < 1.29 is 0 Å². The fourth-order valence-corrected chi connectivity index (χ4v) is 2.22. The largest absolute Gasteiger partial charge is 0.0654 e. The summed E-state index contributed by atoms with van der Waals surface area (Å²) in [5.74, 6) is 0.948. The maximum absolute atomic E-state index is 2.43. The van der Waals surface area contributed by atoms with E-state index in [1.807, 2.05) is 0 Å². The lowest BCUT2D eigenvalue weighted by Crippen LogP contribution is -2.05. The Morgan fingerprint density at radius 3 is 1.94 bits per heavy atom. The van der Waals surface area contributed by atoms with Crippen molar-refractivity contribution in [3.63, 3.8) is 0 Å². The van der Waals surface area contributed by atoms with Gasteiger partial charge < -0.3 is 0 Å². The van der Waals surface area contributed by atoms with Gasteiger partial charge >= 0.3 is 0 Å². The number of rotatable bonds is 9. The predicted octanol–water partition coefficient (Wildman–Crippen LogP) is 6.20. The summed E-state index contributed by atoms with van der Waals surface area (Å²) in [6.45, 7) is 11.8. The molecule has 0 heteroatoms. The first-order valence-corrected chi connectivity index (χ1v) is 7.45. The van der Waals surface area contributed by atoms with Gasteiger partial charge in [-0.15, -0.1) is 0 Å². The van der Waals surface area contributed by atoms with E-state index in [-0.39, 0.29) is 0 Å². The van der Waals surface area contributed by atoms with Crippen LogP contribution in [0.1, 0.15) is 92.4 Å². The Balaban J connectivity index is 3.28. The molecule has 0 aromatic carbocycles. The summed E-state index contributed by atoms with van der Waals surface area (Å²) in [5.41, 5.74) is 0.529. The zero-order chi connectivity index (χ0) is 12.4. The summed E-state index contributed by atoms with van der Waals surface area (Å²) in [7, 11) is 0. The van der Waals surface area contributed by atoms with Gasteiger partial charge in [-0.05, 0) is 17.8 Å². The molecule has 98 valence electrons. The number of hydrogen-bond donors (Lipinski definition) is 0. The molecule has 0 amide bonds. The molecule has 0 aliphatic heterocycles. The Kier molecular flexibility index (Phi) is 9.07. The van der Waals surface area contributed by atoms with Crippen LogP contribution in [0.5, 0.6) is 0 Å². The van der Waals surface area contributed by atoms with Crippen LogP contribution in [0.2, 0.25) is 0 Å². The minimum atomic E-state index is 0.529. The van der Waals surface area contributed by atoms with E-state index < -0.39 is 0 Å². The second-order valence-corrected chi connectivity index (χ2v) is 6.76. The van der Waals surface area contributed by atoms with Crippen molar-refractivity contribution >= 4 is 0 Å². The maximum Gasteiger partial charge on any atom is -0.0383 e. The summed E-state index contributed by atoms with van der Waals surface area (Å²) in [6, 6.07) is 0. The fraction of sp³-hybridized carbons (Fsp3) is 1.00. The number of unbranched alkanes of at least 4 members (excludes halogenated alkanes) is 4. The van der Waals surface area contributed by atoms with Crippen LogP contribution in [-0.4, -0.2) is 0 Å². The van der Waals surface area contributed by atoms with Gasteiger partial charge in [-0.2, -0.15) is 0 Å². The van der Waals surface area contributed by atoms with Crippen molar-refractivity contribution in [1.82, 2.24) is 0 Å². The molecule has 0 aromatic heterocycles. The summed E-state index contributed by atoms with van der Waals surface area (Å²) in [5, 5.41) is 0. The second kappa shape index (κ2) is 9.07. The molecular formula is C16H34. The first kappa shape index (κ1) is 16.0. The standard InChI is InChI=1S/C16H34/c1-6-7-8-9-10-12-15(2)13-11-14-16(3,4)5/h15H,6-14H2,1-5H3. The van der Waals surface area contributed by atoms with Crippen LogP contribution in [0.15, 0.2) is 0 Å². The molecule has 1 unspecified atom stereocenters. The highest BCUT2D eigenvalue weighted by Gasteiger charge is 2.10. The van der Waals surface area contributed by atoms with Gasteiger partial charge in [0, 0.05) is 0 Å². The Bertz CT molecular complexity index is 141. The highest BCUT2D eigenvalue weighted by atomic mass is 14.2. The lowest BCUT2D eigenvalue weighted by molar-refractivity contribution is 0.335. The molecular weight excluding hydrogens is 192 g/mol. The van der Waals surface area contributed by atoms with Crippen LogP contribution >= 0.6 is 0 Å². The summed E-state index contributed by atoms with van der Waals surface area (Å²) < 4.78 is 0. The normalized spacial score (nSPS) is 14.1. The Labute approximate surface area is 104 Å². The highest BCUT2D eigenvalue weighted by Crippen LogP contribution is 2.24. The van der Waals surface area contributed by atoms with Gasteiger partial charge in [0.1, 0.15) is 0 Å². The fourth-order valence-electron chi connectivity index (χ4n) is 2.22. The summed E-state index contributed by atoms with van der Waals surface area (Å²) in [4.78, 5) is 0. The van der Waals surface area contributed by atoms with Gasteiger partial charge in [-0.3, -0.25) is 0 Å². The topological polar surface area (TPSA) is 0 Å². The van der Waals surface area contributed by atoms with Gasteiger partial charge in [0.05, 0.1) is 0 Å². The van der Waals surface area contributed by atoms with Crippen molar-refractivity contribution in [2.24, 2.45) is 11.3 Å². The van der Waals surface area contributed by atoms with Crippen LogP contribution in [0.25, 0.3) is 0 Å². The van der Waals surface area contributed by atoms with Gasteiger partial charge in [0.25, 0.3) is 0 Å². The molecule has 0 rings (SSSR count). The van der Waals surface area contributed by atoms with Crippen molar-refractivity contribution in [2.75, 3.05) is 0 Å². The van der Waals surface area contributed by atoms with Crippen molar-refractivity contribution in [3.05, 3.63) is 0 Å². The van der Waals surface area contributed by atoms with Crippen LogP contribution in [0.3, 0.4) is 0 Å². The average Bonchev–Trinajstić information content (AvgIpc) is 2.15. The summed E-state index contributed by atoms with van der Waals surface area (Å²) >= 11 is 0. The SMILES string of the molecule is CCCCCCCC(C)CCCC(C)(C)C. The molecule has 0 radical (unpaired) electrons. The van der Waals surface area contributed by atoms with E-state index >= 15 is 0 Å². The third-order valence-electron chi connectivity index (χ3n) is 3.42. The molecule has 0 N–H and O–H groups in total. The minimum absolute atomic E-state index is 0.529. The van der Waals surface area contributed by atoms with Crippen LogP contribution < -0.4 is 0 Å². The molecule has 0 aromatic rings. The third-order valence-corrected chi connectivity index (χ3v) is 3.42. The van der Waals surface area contributed by atoms with E-state index in [0.29, 0.717) is 5.41 Å². The summed E-state index contributed by atoms with van der Waals surface area (Å²) in [6.07, 6.45) is 12.8. The Hall–Kier alpha value is 0. The van der Waals surface area contributed by atoms with Crippen LogP contribution in [0, 0.1) is 11.3 Å². The lowest BCUT2D eigenvalue weighted by atomic mass is 9.87. The monoisotopic (exact) mass is 226 g/mol. The maximum atomic E-state index is 2.43. The molecule has 16 heavy (non-hydrogen) atoms. The number of hydrogen-bond acceptors (Lipinski definition) is 0. The van der Waals surface area contributed by atoms with E-state index in [1.165, 1.54) is 57.8 Å². The van der Waals surface area contributed by atoms with Gasteiger partial charge in [-0.25, -0.2) is 0 Å².